The summed E-state index contributed by atoms with van der Waals surface area (Å²) in [5.41, 5.74) is 0.958. The minimum absolute atomic E-state index is 0.126. The van der Waals surface area contributed by atoms with E-state index in [1.165, 1.54) is 32.6 Å². The summed E-state index contributed by atoms with van der Waals surface area (Å²) in [6.07, 6.45) is 2.72. The van der Waals surface area contributed by atoms with Gasteiger partial charge in [-0.15, -0.1) is 0 Å². The molecule has 0 aliphatic carbocycles. The van der Waals surface area contributed by atoms with Crippen LogP contribution < -0.4 is 14.8 Å². The van der Waals surface area contributed by atoms with Gasteiger partial charge in [0, 0.05) is 17.8 Å². The SMILES string of the molecule is COc1ccc(C(=O)C=CNc2ccccc2C(=O)O)cc1OC. The number of hydrogen-bond acceptors (Lipinski definition) is 5. The summed E-state index contributed by atoms with van der Waals surface area (Å²) in [4.78, 5) is 23.3. The van der Waals surface area contributed by atoms with Crippen LogP contribution >= 0.6 is 0 Å². The van der Waals surface area contributed by atoms with Crippen molar-refractivity contribution < 1.29 is 24.2 Å². The predicted molar refractivity (Wildman–Crippen MR) is 90.0 cm³/mol. The third kappa shape index (κ3) is 3.92. The van der Waals surface area contributed by atoms with Crippen LogP contribution in [-0.2, 0) is 0 Å². The van der Waals surface area contributed by atoms with Gasteiger partial charge in [-0.05, 0) is 30.3 Å². The Bertz CT molecular complexity index is 783. The highest BCUT2D eigenvalue weighted by molar-refractivity contribution is 6.05. The number of hydrogen-bond donors (Lipinski definition) is 2. The van der Waals surface area contributed by atoms with E-state index in [-0.39, 0.29) is 11.3 Å². The third-order valence-corrected chi connectivity index (χ3v) is 3.30. The zero-order valence-electron chi connectivity index (χ0n) is 13.3. The van der Waals surface area contributed by atoms with Crippen LogP contribution in [0.15, 0.2) is 54.7 Å². The van der Waals surface area contributed by atoms with Crippen molar-refractivity contribution in [1.29, 1.82) is 0 Å². The quantitative estimate of drug-likeness (QED) is 0.600. The van der Waals surface area contributed by atoms with E-state index < -0.39 is 5.97 Å². The van der Waals surface area contributed by atoms with Crippen molar-refractivity contribution in [2.75, 3.05) is 19.5 Å². The minimum Gasteiger partial charge on any atom is -0.493 e. The van der Waals surface area contributed by atoms with E-state index in [1.807, 2.05) is 0 Å². The van der Waals surface area contributed by atoms with Gasteiger partial charge in [0.1, 0.15) is 0 Å². The number of para-hydroxylation sites is 1. The van der Waals surface area contributed by atoms with Gasteiger partial charge in [-0.2, -0.15) is 0 Å². The Hall–Kier alpha value is -3.28. The van der Waals surface area contributed by atoms with E-state index in [9.17, 15) is 9.59 Å². The topological polar surface area (TPSA) is 84.9 Å². The largest absolute Gasteiger partial charge is 0.493 e. The van der Waals surface area contributed by atoms with E-state index in [1.54, 1.807) is 36.4 Å². The summed E-state index contributed by atoms with van der Waals surface area (Å²) in [6.45, 7) is 0. The number of nitrogens with one attached hydrogen (secondary N) is 1. The molecule has 2 aromatic carbocycles. The van der Waals surface area contributed by atoms with Crippen LogP contribution in [0.3, 0.4) is 0 Å². The molecule has 0 radical (unpaired) electrons. The van der Waals surface area contributed by atoms with Crippen LogP contribution in [0.5, 0.6) is 11.5 Å². The van der Waals surface area contributed by atoms with Gasteiger partial charge in [0.15, 0.2) is 17.3 Å². The Kier molecular flexibility index (Phi) is 5.57. The first-order valence-electron chi connectivity index (χ1n) is 7.08. The number of carboxylic acids is 1. The average Bonchev–Trinajstić information content (AvgIpc) is 2.61. The molecule has 0 unspecified atom stereocenters. The highest BCUT2D eigenvalue weighted by Gasteiger charge is 2.09. The van der Waals surface area contributed by atoms with Crippen molar-refractivity contribution in [1.82, 2.24) is 0 Å². The van der Waals surface area contributed by atoms with E-state index >= 15 is 0 Å². The molecule has 0 aromatic heterocycles. The Morgan fingerprint density at radius 1 is 1.04 bits per heavy atom. The molecule has 2 aromatic rings. The molecule has 2 N–H and O–H groups in total. The molecule has 0 amide bonds. The maximum atomic E-state index is 12.2. The Morgan fingerprint density at radius 2 is 1.75 bits per heavy atom. The van der Waals surface area contributed by atoms with Gasteiger partial charge in [-0.3, -0.25) is 4.79 Å². The molecule has 0 saturated carbocycles. The molecule has 0 spiro atoms. The number of rotatable bonds is 7. The number of ketones is 1. The number of benzene rings is 2. The van der Waals surface area contributed by atoms with Crippen molar-refractivity contribution in [2.24, 2.45) is 0 Å². The summed E-state index contributed by atoms with van der Waals surface area (Å²) in [7, 11) is 3.01. The summed E-state index contributed by atoms with van der Waals surface area (Å²) in [5.74, 6) is -0.304. The van der Waals surface area contributed by atoms with Crippen LogP contribution in [-0.4, -0.2) is 31.1 Å². The number of methoxy groups -OCH3 is 2. The number of allylic oxidation sites excluding steroid dienone is 1. The van der Waals surface area contributed by atoms with Gasteiger partial charge in [0.2, 0.25) is 0 Å². The second-order valence-electron chi connectivity index (χ2n) is 4.76. The number of carboxylic acid groups (broad SMARTS) is 1. The lowest BCUT2D eigenvalue weighted by molar-refractivity contribution is 0.0698. The molecule has 0 aliphatic rings. The fraction of sp³-hybridized carbons (Fsp3) is 0.111. The molecule has 2 rings (SSSR count). The Morgan fingerprint density at radius 3 is 2.42 bits per heavy atom. The lowest BCUT2D eigenvalue weighted by atomic mass is 10.1. The summed E-state index contributed by atoms with van der Waals surface area (Å²) < 4.78 is 10.3. The highest BCUT2D eigenvalue weighted by Crippen LogP contribution is 2.27. The zero-order chi connectivity index (χ0) is 17.5. The minimum atomic E-state index is -1.04. The van der Waals surface area contributed by atoms with Crippen molar-refractivity contribution in [3.8, 4) is 11.5 Å². The molecule has 0 heterocycles. The number of anilines is 1. The van der Waals surface area contributed by atoms with Crippen LogP contribution in [0.25, 0.3) is 0 Å². The number of aromatic carboxylic acids is 1. The molecule has 0 saturated heterocycles. The Labute approximate surface area is 139 Å². The lowest BCUT2D eigenvalue weighted by Gasteiger charge is -2.08. The fourth-order valence-corrected chi connectivity index (χ4v) is 2.09. The van der Waals surface area contributed by atoms with E-state index in [2.05, 4.69) is 5.32 Å². The standard InChI is InChI=1S/C18H17NO5/c1-23-16-8-7-12(11-17(16)24-2)15(20)9-10-19-14-6-4-3-5-13(14)18(21)22/h3-11,19H,1-2H3,(H,21,22). The zero-order valence-corrected chi connectivity index (χ0v) is 13.3. The van der Waals surface area contributed by atoms with Gasteiger partial charge in [0.05, 0.1) is 25.5 Å². The average molecular weight is 327 g/mol. The number of carbonyl (C=O) groups is 2. The molecular weight excluding hydrogens is 310 g/mol. The van der Waals surface area contributed by atoms with Crippen molar-refractivity contribution in [3.05, 3.63) is 65.9 Å². The van der Waals surface area contributed by atoms with Gasteiger partial charge in [-0.1, -0.05) is 12.1 Å². The van der Waals surface area contributed by atoms with Crippen molar-refractivity contribution in [3.63, 3.8) is 0 Å². The van der Waals surface area contributed by atoms with Gasteiger partial charge in [-0.25, -0.2) is 4.79 Å². The molecule has 124 valence electrons. The van der Waals surface area contributed by atoms with E-state index in [4.69, 9.17) is 14.6 Å². The normalized spacial score (nSPS) is 10.4. The monoisotopic (exact) mass is 327 g/mol. The molecular formula is C18H17NO5. The van der Waals surface area contributed by atoms with Crippen LogP contribution in [0.1, 0.15) is 20.7 Å². The maximum Gasteiger partial charge on any atom is 0.337 e. The molecule has 0 fully saturated rings. The van der Waals surface area contributed by atoms with Crippen LogP contribution in [0.2, 0.25) is 0 Å². The van der Waals surface area contributed by atoms with Crippen LogP contribution in [0, 0.1) is 0 Å². The molecule has 6 nitrogen and oxygen atoms in total. The number of ether oxygens (including phenoxy) is 2. The summed E-state index contributed by atoms with van der Waals surface area (Å²) >= 11 is 0. The smallest absolute Gasteiger partial charge is 0.337 e. The third-order valence-electron chi connectivity index (χ3n) is 3.30. The first kappa shape index (κ1) is 17.1. The fourth-order valence-electron chi connectivity index (χ4n) is 2.09. The molecule has 0 bridgehead atoms. The molecule has 6 heteroatoms. The Balaban J connectivity index is 2.13. The lowest BCUT2D eigenvalue weighted by Crippen LogP contribution is -2.02. The predicted octanol–water partition coefficient (Wildman–Crippen LogP) is 3.21. The van der Waals surface area contributed by atoms with Gasteiger partial charge < -0.3 is 19.9 Å². The second kappa shape index (κ2) is 7.82. The highest BCUT2D eigenvalue weighted by atomic mass is 16.5. The molecule has 0 atom stereocenters. The van der Waals surface area contributed by atoms with Gasteiger partial charge in [0.25, 0.3) is 0 Å². The van der Waals surface area contributed by atoms with E-state index in [0.717, 1.165) is 0 Å². The van der Waals surface area contributed by atoms with E-state index in [0.29, 0.717) is 22.7 Å². The first-order chi connectivity index (χ1) is 11.6. The first-order valence-corrected chi connectivity index (χ1v) is 7.08. The molecule has 0 aliphatic heterocycles. The molecule has 24 heavy (non-hydrogen) atoms. The summed E-state index contributed by atoms with van der Waals surface area (Å²) in [5, 5.41) is 11.9. The summed E-state index contributed by atoms with van der Waals surface area (Å²) in [6, 6.07) is 11.3. The maximum absolute atomic E-state index is 12.2. The van der Waals surface area contributed by atoms with Crippen molar-refractivity contribution >= 4 is 17.4 Å². The van der Waals surface area contributed by atoms with Crippen LogP contribution in [0.4, 0.5) is 5.69 Å². The number of carbonyl (C=O) groups excluding carboxylic acids is 1. The van der Waals surface area contributed by atoms with Crippen molar-refractivity contribution in [2.45, 2.75) is 0 Å². The second-order valence-corrected chi connectivity index (χ2v) is 4.76. The van der Waals surface area contributed by atoms with Gasteiger partial charge >= 0.3 is 5.97 Å².